The molecule has 33 heavy (non-hydrogen) atoms. The molecule has 0 radical (unpaired) electrons. The van der Waals surface area contributed by atoms with Crippen LogP contribution in [-0.2, 0) is 17.1 Å². The van der Waals surface area contributed by atoms with Crippen molar-refractivity contribution in [2.24, 2.45) is 13.0 Å². The summed E-state index contributed by atoms with van der Waals surface area (Å²) in [5, 5.41) is 7.63. The van der Waals surface area contributed by atoms with Gasteiger partial charge in [-0.25, -0.2) is 22.8 Å². The maximum atomic E-state index is 12.6. The Morgan fingerprint density at radius 1 is 1.27 bits per heavy atom. The zero-order valence-corrected chi connectivity index (χ0v) is 18.6. The van der Waals surface area contributed by atoms with E-state index in [4.69, 9.17) is 16.3 Å². The quantitative estimate of drug-likeness (QED) is 0.512. The summed E-state index contributed by atoms with van der Waals surface area (Å²) in [6.07, 6.45) is -2.78. The summed E-state index contributed by atoms with van der Waals surface area (Å²) in [6.45, 7) is 1.48. The third-order valence-electron chi connectivity index (χ3n) is 4.79. The Kier molecular flexibility index (Phi) is 5.60. The molecule has 1 amide bonds. The van der Waals surface area contributed by atoms with Gasteiger partial charge in [0.25, 0.3) is 15.9 Å². The number of hydrogen-bond acceptors (Lipinski definition) is 7. The lowest BCUT2D eigenvalue weighted by molar-refractivity contribution is -0.153. The molecule has 3 aromatic heterocycles. The Morgan fingerprint density at radius 3 is 2.58 bits per heavy atom. The molecule has 0 saturated heterocycles. The first-order valence-corrected chi connectivity index (χ1v) is 11.2. The van der Waals surface area contributed by atoms with Gasteiger partial charge in [0.2, 0.25) is 5.88 Å². The van der Waals surface area contributed by atoms with Crippen LogP contribution < -0.4 is 9.46 Å². The monoisotopic (exact) mass is 504 g/mol. The number of aromatic nitrogens is 5. The smallest absolute Gasteiger partial charge is 0.395 e. The number of aryl methyl sites for hydroxylation is 2. The second-order valence-electron chi connectivity index (χ2n) is 7.33. The van der Waals surface area contributed by atoms with E-state index in [0.717, 1.165) is 0 Å². The van der Waals surface area contributed by atoms with Gasteiger partial charge in [0.15, 0.2) is 5.82 Å². The number of carbonyl (C=O) groups excluding carboxylic acids is 1. The predicted octanol–water partition coefficient (Wildman–Crippen LogP) is 2.41. The molecule has 3 aromatic rings. The number of nitrogens with one attached hydrogen (secondary N) is 1. The van der Waals surface area contributed by atoms with Gasteiger partial charge in [-0.15, -0.1) is 5.10 Å². The maximum absolute atomic E-state index is 12.6. The van der Waals surface area contributed by atoms with E-state index in [9.17, 15) is 26.4 Å². The largest absolute Gasteiger partial charge is 0.473 e. The number of rotatable bonds is 6. The second kappa shape index (κ2) is 8.02. The molecule has 1 saturated carbocycles. The van der Waals surface area contributed by atoms with E-state index in [0.29, 0.717) is 0 Å². The van der Waals surface area contributed by atoms with Gasteiger partial charge >= 0.3 is 6.18 Å². The average molecular weight is 505 g/mol. The first-order valence-electron chi connectivity index (χ1n) is 9.38. The molecule has 1 fully saturated rings. The Hall–Kier alpha value is -3.13. The summed E-state index contributed by atoms with van der Waals surface area (Å²) in [7, 11) is -2.66. The molecular weight excluding hydrogens is 489 g/mol. The SMILES string of the molecule is Cc1nn(C)cc1S(=O)(=O)NC(=O)c1ccc(-n2ccc(OC3C[C@@H]3C(F)(F)F)n2)nc1Cl. The summed E-state index contributed by atoms with van der Waals surface area (Å²) in [4.78, 5) is 16.3. The number of pyridine rings is 1. The molecule has 0 spiro atoms. The molecule has 0 aliphatic heterocycles. The van der Waals surface area contributed by atoms with Crippen molar-refractivity contribution in [3.8, 4) is 11.7 Å². The van der Waals surface area contributed by atoms with E-state index < -0.39 is 34.1 Å². The van der Waals surface area contributed by atoms with Crippen LogP contribution in [0.1, 0.15) is 22.5 Å². The van der Waals surface area contributed by atoms with E-state index in [1.165, 1.54) is 46.9 Å². The molecule has 0 aromatic carbocycles. The molecule has 10 nitrogen and oxygen atoms in total. The highest BCUT2D eigenvalue weighted by atomic mass is 35.5. The van der Waals surface area contributed by atoms with Crippen LogP contribution in [0.5, 0.6) is 5.88 Å². The number of halogens is 4. The Bertz CT molecular complexity index is 1340. The highest BCUT2D eigenvalue weighted by Gasteiger charge is 2.58. The third-order valence-corrected chi connectivity index (χ3v) is 6.51. The van der Waals surface area contributed by atoms with Gasteiger partial charge in [-0.3, -0.25) is 9.48 Å². The second-order valence-corrected chi connectivity index (χ2v) is 9.34. The number of nitrogens with zero attached hydrogens (tertiary/aromatic N) is 5. The van der Waals surface area contributed by atoms with Gasteiger partial charge in [-0.1, -0.05) is 11.6 Å². The fourth-order valence-corrected chi connectivity index (χ4v) is 4.51. The standard InChI is InChI=1S/C18H16ClF3N6O4S/c1-9-13(8-27(2)24-9)33(30,31)26-17(29)10-3-4-14(23-16(10)19)28-6-5-15(25-28)32-12-7-11(12)18(20,21)22/h3-6,8,11-12H,7H2,1-2H3,(H,26,29)/t11-,12?/m0/s1. The average Bonchev–Trinajstić information content (AvgIpc) is 3.17. The number of alkyl halides is 3. The van der Waals surface area contributed by atoms with Gasteiger partial charge < -0.3 is 4.74 Å². The lowest BCUT2D eigenvalue weighted by Gasteiger charge is -2.08. The molecule has 15 heteroatoms. The first kappa shape index (κ1) is 23.0. The van der Waals surface area contributed by atoms with Crippen molar-refractivity contribution in [2.75, 3.05) is 0 Å². The van der Waals surface area contributed by atoms with Gasteiger partial charge in [0, 0.05) is 25.5 Å². The topological polar surface area (TPSA) is 121 Å². The zero-order valence-electron chi connectivity index (χ0n) is 17.0. The van der Waals surface area contributed by atoms with Crippen LogP contribution in [0.4, 0.5) is 13.2 Å². The number of amides is 1. The van der Waals surface area contributed by atoms with E-state index in [1.54, 1.807) is 7.05 Å². The summed E-state index contributed by atoms with van der Waals surface area (Å²) >= 11 is 6.07. The van der Waals surface area contributed by atoms with Crippen molar-refractivity contribution in [3.63, 3.8) is 0 Å². The molecule has 4 rings (SSSR count). The van der Waals surface area contributed by atoms with Crippen LogP contribution in [0.3, 0.4) is 0 Å². The van der Waals surface area contributed by atoms with E-state index in [1.807, 2.05) is 4.72 Å². The number of sulfonamides is 1. The van der Waals surface area contributed by atoms with Crippen LogP contribution in [0.15, 0.2) is 35.5 Å². The molecule has 2 atom stereocenters. The van der Waals surface area contributed by atoms with Crippen molar-refractivity contribution in [1.82, 2.24) is 29.3 Å². The van der Waals surface area contributed by atoms with Crippen molar-refractivity contribution < 1.29 is 31.1 Å². The number of ether oxygens (including phenoxy) is 1. The van der Waals surface area contributed by atoms with Crippen molar-refractivity contribution >= 4 is 27.5 Å². The van der Waals surface area contributed by atoms with Crippen molar-refractivity contribution in [3.05, 3.63) is 47.0 Å². The number of carbonyl (C=O) groups is 1. The van der Waals surface area contributed by atoms with E-state index in [2.05, 4.69) is 15.2 Å². The third kappa shape index (κ3) is 4.80. The first-order chi connectivity index (χ1) is 15.3. The Balaban J connectivity index is 1.47. The number of hydrogen-bond donors (Lipinski definition) is 1. The lowest BCUT2D eigenvalue weighted by atomic mass is 10.3. The van der Waals surface area contributed by atoms with Gasteiger partial charge in [-0.2, -0.15) is 18.3 Å². The molecule has 3 heterocycles. The molecule has 176 valence electrons. The molecule has 0 bridgehead atoms. The van der Waals surface area contributed by atoms with Gasteiger partial charge in [0.05, 0.1) is 17.2 Å². The zero-order chi connectivity index (χ0) is 24.1. The molecule has 1 aliphatic carbocycles. The minimum atomic E-state index is -4.32. The van der Waals surface area contributed by atoms with Crippen molar-refractivity contribution in [1.29, 1.82) is 0 Å². The highest BCUT2D eigenvalue weighted by Crippen LogP contribution is 2.46. The fraction of sp³-hybridized carbons (Fsp3) is 0.333. The minimum Gasteiger partial charge on any atom is -0.473 e. The highest BCUT2D eigenvalue weighted by molar-refractivity contribution is 7.90. The van der Waals surface area contributed by atoms with E-state index >= 15 is 0 Å². The van der Waals surface area contributed by atoms with Crippen LogP contribution in [0.25, 0.3) is 5.82 Å². The fourth-order valence-electron chi connectivity index (χ4n) is 3.09. The molecular formula is C18H16ClF3N6O4S. The molecule has 1 N–H and O–H groups in total. The summed E-state index contributed by atoms with van der Waals surface area (Å²) in [5.41, 5.74) is 0.00184. The minimum absolute atomic E-state index is 0.0237. The maximum Gasteiger partial charge on any atom is 0.395 e. The molecule has 1 aliphatic rings. The van der Waals surface area contributed by atoms with Gasteiger partial charge in [-0.05, 0) is 25.5 Å². The van der Waals surface area contributed by atoms with Crippen LogP contribution in [0.2, 0.25) is 5.15 Å². The van der Waals surface area contributed by atoms with Crippen LogP contribution >= 0.6 is 11.6 Å². The lowest BCUT2D eigenvalue weighted by Crippen LogP contribution is -2.31. The summed E-state index contributed by atoms with van der Waals surface area (Å²) in [5.74, 6) is -2.40. The normalized spacial score (nSPS) is 18.2. The predicted molar refractivity (Wildman–Crippen MR) is 108 cm³/mol. The Morgan fingerprint density at radius 2 is 2.00 bits per heavy atom. The summed E-state index contributed by atoms with van der Waals surface area (Å²) < 4.78 is 72.5. The van der Waals surface area contributed by atoms with Crippen LogP contribution in [-0.4, -0.2) is 51.2 Å². The van der Waals surface area contributed by atoms with Crippen LogP contribution in [0, 0.1) is 12.8 Å². The van der Waals surface area contributed by atoms with Crippen molar-refractivity contribution in [2.45, 2.75) is 30.5 Å². The van der Waals surface area contributed by atoms with Gasteiger partial charge in [0.1, 0.15) is 16.2 Å². The molecule has 1 unspecified atom stereocenters. The Labute approximate surface area is 190 Å². The van der Waals surface area contributed by atoms with E-state index in [-0.39, 0.29) is 39.4 Å². The summed E-state index contributed by atoms with van der Waals surface area (Å²) in [6, 6.07) is 3.95.